The first-order valence-corrected chi connectivity index (χ1v) is 13.6. The highest BCUT2D eigenvalue weighted by Crippen LogP contribution is 2.40. The predicted molar refractivity (Wildman–Crippen MR) is 157 cm³/mol. The minimum atomic E-state index is -0.762. The molecule has 0 unspecified atom stereocenters. The molecule has 0 bridgehead atoms. The quantitative estimate of drug-likeness (QED) is 0.0708. The first kappa shape index (κ1) is 29.5. The smallest absolute Gasteiger partial charge is 0.237 e. The summed E-state index contributed by atoms with van der Waals surface area (Å²) in [4.78, 5) is 20.0. The molecule has 0 aliphatic heterocycles. The van der Waals surface area contributed by atoms with Gasteiger partial charge >= 0.3 is 0 Å². The Morgan fingerprint density at radius 3 is 1.98 bits per heavy atom. The highest BCUT2D eigenvalue weighted by atomic mass is 16.5. The SMILES string of the molecule is [N-]=[N+]=NCCOCCOCCNC(=O)[C@@H](N)Cc1cn(C(c2ccccc2)(c2ccccc2)c2ccccc2)cn1. The minimum Gasteiger partial charge on any atom is -0.379 e. The van der Waals surface area contributed by atoms with E-state index in [4.69, 9.17) is 20.7 Å². The molecule has 3 aromatic carbocycles. The van der Waals surface area contributed by atoms with Gasteiger partial charge in [0.2, 0.25) is 5.91 Å². The number of azide groups is 1. The van der Waals surface area contributed by atoms with Crippen molar-refractivity contribution in [2.24, 2.45) is 10.8 Å². The lowest BCUT2D eigenvalue weighted by Gasteiger charge is -2.37. The molecular weight excluding hydrogens is 518 g/mol. The van der Waals surface area contributed by atoms with Crippen molar-refractivity contribution in [3.05, 3.63) is 136 Å². The Balaban J connectivity index is 1.44. The molecular formula is C31H35N7O3. The van der Waals surface area contributed by atoms with E-state index >= 15 is 0 Å². The van der Waals surface area contributed by atoms with Crippen LogP contribution in [0.4, 0.5) is 0 Å². The number of hydrogen-bond acceptors (Lipinski definition) is 6. The fourth-order valence-corrected chi connectivity index (χ4v) is 4.81. The van der Waals surface area contributed by atoms with Gasteiger partial charge in [0.15, 0.2) is 0 Å². The first-order chi connectivity index (χ1) is 20.2. The van der Waals surface area contributed by atoms with E-state index in [2.05, 4.69) is 61.3 Å². The van der Waals surface area contributed by atoms with Crippen LogP contribution < -0.4 is 11.1 Å². The molecule has 41 heavy (non-hydrogen) atoms. The molecule has 1 atom stereocenters. The Labute approximate surface area is 239 Å². The predicted octanol–water partition coefficient (Wildman–Crippen LogP) is 4.05. The maximum absolute atomic E-state index is 12.7. The summed E-state index contributed by atoms with van der Waals surface area (Å²) in [6.45, 7) is 2.06. The number of carbonyl (C=O) groups excluding carboxylic acids is 1. The van der Waals surface area contributed by atoms with Crippen molar-refractivity contribution in [1.82, 2.24) is 14.9 Å². The van der Waals surface area contributed by atoms with Gasteiger partial charge in [-0.3, -0.25) is 4.79 Å². The van der Waals surface area contributed by atoms with Crippen molar-refractivity contribution in [2.45, 2.75) is 18.0 Å². The molecule has 0 saturated carbocycles. The zero-order valence-electron chi connectivity index (χ0n) is 22.9. The highest BCUT2D eigenvalue weighted by Gasteiger charge is 2.38. The number of nitrogens with zero attached hydrogens (tertiary/aromatic N) is 5. The van der Waals surface area contributed by atoms with Crippen LogP contribution in [0.15, 0.2) is 109 Å². The summed E-state index contributed by atoms with van der Waals surface area (Å²) in [5.41, 5.74) is 17.8. The molecule has 0 aliphatic rings. The van der Waals surface area contributed by atoms with Crippen LogP contribution in [0.5, 0.6) is 0 Å². The highest BCUT2D eigenvalue weighted by molar-refractivity contribution is 5.81. The van der Waals surface area contributed by atoms with E-state index < -0.39 is 11.6 Å². The number of imidazole rings is 1. The van der Waals surface area contributed by atoms with Crippen LogP contribution in [-0.2, 0) is 26.2 Å². The van der Waals surface area contributed by atoms with Crippen molar-refractivity contribution in [3.63, 3.8) is 0 Å². The van der Waals surface area contributed by atoms with Crippen molar-refractivity contribution >= 4 is 5.91 Å². The molecule has 10 nitrogen and oxygen atoms in total. The lowest BCUT2D eigenvalue weighted by Crippen LogP contribution is -2.43. The molecule has 0 saturated heterocycles. The largest absolute Gasteiger partial charge is 0.379 e. The van der Waals surface area contributed by atoms with Gasteiger partial charge in [0, 0.05) is 30.6 Å². The van der Waals surface area contributed by atoms with E-state index in [1.165, 1.54) is 0 Å². The molecule has 1 heterocycles. The van der Waals surface area contributed by atoms with E-state index in [9.17, 15) is 4.79 Å². The lowest BCUT2D eigenvalue weighted by atomic mass is 9.77. The number of nitrogens with one attached hydrogen (secondary N) is 1. The van der Waals surface area contributed by atoms with Gasteiger partial charge in [-0.05, 0) is 22.2 Å². The number of benzene rings is 3. The molecule has 0 fully saturated rings. The number of ether oxygens (including phenoxy) is 2. The van der Waals surface area contributed by atoms with Crippen LogP contribution in [0, 0.1) is 0 Å². The molecule has 1 amide bonds. The maximum atomic E-state index is 12.7. The van der Waals surface area contributed by atoms with Crippen molar-refractivity contribution in [1.29, 1.82) is 0 Å². The van der Waals surface area contributed by atoms with Crippen molar-refractivity contribution in [2.75, 3.05) is 39.5 Å². The standard InChI is InChI=1S/C31H35N7O3/c32-29(30(39)34-16-18-40-20-21-41-19-17-36-37-33)22-28-23-38(24-35-28)31(25-10-4-1-5-11-25,26-12-6-2-7-13-26)27-14-8-3-9-15-27/h1-15,23-24,29H,16-22,32H2,(H,34,39)/t29-/m0/s1. The summed E-state index contributed by atoms with van der Waals surface area (Å²) < 4.78 is 12.8. The number of aromatic nitrogens is 2. The van der Waals surface area contributed by atoms with Crippen LogP contribution in [0.1, 0.15) is 22.4 Å². The molecule has 10 heteroatoms. The number of hydrogen-bond donors (Lipinski definition) is 2. The van der Waals surface area contributed by atoms with Crippen molar-refractivity contribution in [3.8, 4) is 0 Å². The fourth-order valence-electron chi connectivity index (χ4n) is 4.81. The minimum absolute atomic E-state index is 0.269. The van der Waals surface area contributed by atoms with Crippen LogP contribution in [-0.4, -0.2) is 61.0 Å². The van der Waals surface area contributed by atoms with Gasteiger partial charge in [0.1, 0.15) is 5.54 Å². The van der Waals surface area contributed by atoms with Gasteiger partial charge in [-0.25, -0.2) is 4.98 Å². The third kappa shape index (κ3) is 7.59. The van der Waals surface area contributed by atoms with Gasteiger partial charge in [-0.2, -0.15) is 0 Å². The topological polar surface area (TPSA) is 140 Å². The normalized spacial score (nSPS) is 11.9. The Morgan fingerprint density at radius 1 is 0.902 bits per heavy atom. The lowest BCUT2D eigenvalue weighted by molar-refractivity contribution is -0.122. The van der Waals surface area contributed by atoms with E-state index in [0.29, 0.717) is 38.7 Å². The second-order valence-electron chi connectivity index (χ2n) is 9.36. The summed E-state index contributed by atoms with van der Waals surface area (Å²) in [7, 11) is 0. The van der Waals surface area contributed by atoms with Gasteiger partial charge < -0.3 is 25.1 Å². The Bertz CT molecular complexity index is 1290. The van der Waals surface area contributed by atoms with Crippen LogP contribution >= 0.6 is 0 Å². The van der Waals surface area contributed by atoms with Crippen LogP contribution in [0.25, 0.3) is 10.4 Å². The summed E-state index contributed by atoms with van der Waals surface area (Å²) in [6, 6.07) is 30.2. The van der Waals surface area contributed by atoms with Crippen molar-refractivity contribution < 1.29 is 14.3 Å². The Hall–Kier alpha value is -4.47. The van der Waals surface area contributed by atoms with Gasteiger partial charge in [0.05, 0.1) is 44.5 Å². The summed E-state index contributed by atoms with van der Waals surface area (Å²) in [6.07, 6.45) is 4.08. The number of carbonyl (C=O) groups is 1. The number of rotatable bonds is 16. The fraction of sp³-hybridized carbons (Fsp3) is 0.290. The zero-order chi connectivity index (χ0) is 28.8. The summed E-state index contributed by atoms with van der Waals surface area (Å²) in [5.74, 6) is -0.269. The van der Waals surface area contributed by atoms with E-state index in [-0.39, 0.29) is 18.9 Å². The summed E-state index contributed by atoms with van der Waals surface area (Å²) >= 11 is 0. The number of nitrogens with two attached hydrogens (primary N) is 1. The molecule has 1 aromatic heterocycles. The zero-order valence-corrected chi connectivity index (χ0v) is 22.9. The Morgan fingerprint density at radius 2 is 1.44 bits per heavy atom. The van der Waals surface area contributed by atoms with Gasteiger partial charge in [-0.15, -0.1) is 0 Å². The molecule has 212 valence electrons. The molecule has 0 spiro atoms. The average Bonchev–Trinajstić information content (AvgIpc) is 3.48. The molecule has 4 aromatic rings. The molecule has 0 aliphatic carbocycles. The molecule has 4 rings (SSSR count). The van der Waals surface area contributed by atoms with E-state index in [0.717, 1.165) is 16.7 Å². The number of amides is 1. The third-order valence-electron chi connectivity index (χ3n) is 6.68. The van der Waals surface area contributed by atoms with Crippen LogP contribution in [0.2, 0.25) is 0 Å². The van der Waals surface area contributed by atoms with Crippen LogP contribution in [0.3, 0.4) is 0 Å². The monoisotopic (exact) mass is 553 g/mol. The maximum Gasteiger partial charge on any atom is 0.237 e. The average molecular weight is 554 g/mol. The summed E-state index contributed by atoms with van der Waals surface area (Å²) in [5, 5.41) is 6.21. The Kier molecular flexibility index (Phi) is 11.1. The molecule has 0 radical (unpaired) electrons. The van der Waals surface area contributed by atoms with Gasteiger partial charge in [-0.1, -0.05) is 96.1 Å². The second kappa shape index (κ2) is 15.4. The van der Waals surface area contributed by atoms with E-state index in [1.54, 1.807) is 0 Å². The second-order valence-corrected chi connectivity index (χ2v) is 9.36. The third-order valence-corrected chi connectivity index (χ3v) is 6.68. The van der Waals surface area contributed by atoms with Gasteiger partial charge in [0.25, 0.3) is 0 Å². The van der Waals surface area contributed by atoms with E-state index in [1.807, 2.05) is 67.1 Å². The first-order valence-electron chi connectivity index (χ1n) is 13.6. The molecule has 3 N–H and O–H groups in total.